The van der Waals surface area contributed by atoms with Crippen LogP contribution in [0.1, 0.15) is 11.1 Å². The zero-order valence-electron chi connectivity index (χ0n) is 19.0. The molecule has 4 aromatic rings. The molecule has 35 heavy (non-hydrogen) atoms. The lowest BCUT2D eigenvalue weighted by atomic mass is 10.1. The number of nitrogens with one attached hydrogen (secondary N) is 2. The van der Waals surface area contributed by atoms with E-state index in [0.29, 0.717) is 30.2 Å². The molecule has 0 saturated heterocycles. The van der Waals surface area contributed by atoms with Crippen LogP contribution in [0.5, 0.6) is 0 Å². The van der Waals surface area contributed by atoms with Crippen LogP contribution >= 0.6 is 0 Å². The van der Waals surface area contributed by atoms with Crippen molar-refractivity contribution in [2.45, 2.75) is 13.0 Å². The van der Waals surface area contributed by atoms with Crippen molar-refractivity contribution in [2.24, 2.45) is 0 Å². The van der Waals surface area contributed by atoms with Crippen LogP contribution in [0.2, 0.25) is 0 Å². The molecule has 3 heterocycles. The minimum absolute atomic E-state index is 0.0265. The number of hydrogen-bond donors (Lipinski definition) is 3. The van der Waals surface area contributed by atoms with E-state index >= 15 is 0 Å². The first-order chi connectivity index (χ1) is 16.8. The lowest BCUT2D eigenvalue weighted by Gasteiger charge is -2.24. The molecule has 0 aliphatic carbocycles. The van der Waals surface area contributed by atoms with E-state index in [1.54, 1.807) is 18.3 Å². The third kappa shape index (κ3) is 4.68. The second-order valence-corrected chi connectivity index (χ2v) is 10.2. The van der Waals surface area contributed by atoms with E-state index in [1.807, 2.05) is 47.2 Å². The first-order valence-corrected chi connectivity index (χ1v) is 12.8. The fourth-order valence-electron chi connectivity index (χ4n) is 4.22. The van der Waals surface area contributed by atoms with Crippen LogP contribution in [0.15, 0.2) is 60.9 Å². The standard InChI is InChI=1S/C24H24N6O4S/c1-35(33,34)30(10-11-31)21-5-3-2-4-17(21)15-29-9-8-16-14-25-24(28-23(16)29)26-19-6-7-20-18(12-19)13-22(32)27-20/h2-9,12,14,31H,10-11,13,15H2,1H3,(H,27,32)(H,25,26,28). The molecule has 0 bridgehead atoms. The second-order valence-electron chi connectivity index (χ2n) is 8.33. The largest absolute Gasteiger partial charge is 0.394 e. The molecular formula is C24H24N6O4S. The number of rotatable bonds is 8. The number of aliphatic hydroxyl groups excluding tert-OH is 1. The summed E-state index contributed by atoms with van der Waals surface area (Å²) in [5, 5.41) is 16.3. The van der Waals surface area contributed by atoms with Crippen molar-refractivity contribution in [3.05, 3.63) is 72.1 Å². The Morgan fingerprint density at radius 1 is 1.20 bits per heavy atom. The van der Waals surface area contributed by atoms with Gasteiger partial charge in [-0.3, -0.25) is 9.10 Å². The summed E-state index contributed by atoms with van der Waals surface area (Å²) in [4.78, 5) is 20.7. The van der Waals surface area contributed by atoms with Gasteiger partial charge in [0.05, 0.1) is 38.1 Å². The maximum Gasteiger partial charge on any atom is 0.232 e. The average molecular weight is 493 g/mol. The van der Waals surface area contributed by atoms with Crippen molar-refractivity contribution in [3.8, 4) is 0 Å². The van der Waals surface area contributed by atoms with E-state index < -0.39 is 10.0 Å². The number of hydrogen-bond acceptors (Lipinski definition) is 7. The van der Waals surface area contributed by atoms with Crippen molar-refractivity contribution < 1.29 is 18.3 Å². The van der Waals surface area contributed by atoms with Crippen LogP contribution in [-0.4, -0.2) is 53.4 Å². The average Bonchev–Trinajstić information content (AvgIpc) is 3.39. The van der Waals surface area contributed by atoms with Gasteiger partial charge in [-0.2, -0.15) is 4.98 Å². The number of carbonyl (C=O) groups is 1. The lowest BCUT2D eigenvalue weighted by Crippen LogP contribution is -2.33. The molecule has 0 atom stereocenters. The van der Waals surface area contributed by atoms with Gasteiger partial charge in [0.25, 0.3) is 0 Å². The number of sulfonamides is 1. The molecule has 0 unspecified atom stereocenters. The van der Waals surface area contributed by atoms with Gasteiger partial charge in [0, 0.05) is 29.2 Å². The Bertz CT molecular complexity index is 1530. The molecule has 10 nitrogen and oxygen atoms in total. The second kappa shape index (κ2) is 9.01. The quantitative estimate of drug-likeness (QED) is 0.345. The molecule has 2 aromatic heterocycles. The predicted octanol–water partition coefficient (Wildman–Crippen LogP) is 2.48. The number of nitrogens with zero attached hydrogens (tertiary/aromatic N) is 4. The number of fused-ring (bicyclic) bond motifs is 2. The van der Waals surface area contributed by atoms with Gasteiger partial charge in [0.1, 0.15) is 5.65 Å². The smallest absolute Gasteiger partial charge is 0.232 e. The van der Waals surface area contributed by atoms with Gasteiger partial charge in [0.15, 0.2) is 0 Å². The fourth-order valence-corrected chi connectivity index (χ4v) is 5.17. The molecule has 0 spiro atoms. The molecule has 180 valence electrons. The Morgan fingerprint density at radius 2 is 2.03 bits per heavy atom. The topological polar surface area (TPSA) is 129 Å². The molecule has 0 radical (unpaired) electrons. The van der Waals surface area contributed by atoms with E-state index in [9.17, 15) is 18.3 Å². The zero-order valence-corrected chi connectivity index (χ0v) is 19.8. The van der Waals surface area contributed by atoms with Crippen molar-refractivity contribution in [3.63, 3.8) is 0 Å². The van der Waals surface area contributed by atoms with E-state index in [2.05, 4.69) is 20.6 Å². The fraction of sp³-hybridized carbons (Fsp3) is 0.208. The van der Waals surface area contributed by atoms with Crippen LogP contribution in [0.3, 0.4) is 0 Å². The molecule has 1 amide bonds. The van der Waals surface area contributed by atoms with E-state index in [1.165, 1.54) is 4.31 Å². The summed E-state index contributed by atoms with van der Waals surface area (Å²) in [5.41, 5.74) is 4.47. The van der Waals surface area contributed by atoms with Gasteiger partial charge >= 0.3 is 0 Å². The van der Waals surface area contributed by atoms with E-state index in [4.69, 9.17) is 0 Å². The van der Waals surface area contributed by atoms with Gasteiger partial charge in [0.2, 0.25) is 21.9 Å². The number of aromatic nitrogens is 3. The Morgan fingerprint density at radius 3 is 2.83 bits per heavy atom. The summed E-state index contributed by atoms with van der Waals surface area (Å²) in [5.74, 6) is 0.377. The Hall–Kier alpha value is -3.96. The highest BCUT2D eigenvalue weighted by Gasteiger charge is 2.20. The SMILES string of the molecule is CS(=O)(=O)N(CCO)c1ccccc1Cn1ccc2cnc(Nc3ccc4c(c3)CC(=O)N4)nc21. The van der Waals surface area contributed by atoms with Gasteiger partial charge in [-0.25, -0.2) is 13.4 Å². The van der Waals surface area contributed by atoms with Crippen LogP contribution in [-0.2, 0) is 27.8 Å². The number of para-hydroxylation sites is 1. The Labute approximate surface area is 202 Å². The van der Waals surface area contributed by atoms with Crippen molar-refractivity contribution in [1.82, 2.24) is 14.5 Å². The van der Waals surface area contributed by atoms with Gasteiger partial charge < -0.3 is 20.3 Å². The first kappa shape index (κ1) is 22.8. The molecule has 0 saturated carbocycles. The lowest BCUT2D eigenvalue weighted by molar-refractivity contribution is -0.115. The minimum Gasteiger partial charge on any atom is -0.394 e. The monoisotopic (exact) mass is 492 g/mol. The summed E-state index contributed by atoms with van der Waals surface area (Å²) in [6.07, 6.45) is 5.07. The number of benzene rings is 2. The van der Waals surface area contributed by atoms with Crippen LogP contribution in [0.4, 0.5) is 23.0 Å². The van der Waals surface area contributed by atoms with Gasteiger partial charge in [-0.15, -0.1) is 0 Å². The third-order valence-electron chi connectivity index (χ3n) is 5.79. The Kier molecular flexibility index (Phi) is 5.87. The number of carbonyl (C=O) groups excluding carboxylic acids is 1. The highest BCUT2D eigenvalue weighted by molar-refractivity contribution is 7.92. The summed E-state index contributed by atoms with van der Waals surface area (Å²) >= 11 is 0. The molecule has 5 rings (SSSR count). The molecule has 2 aromatic carbocycles. The summed E-state index contributed by atoms with van der Waals surface area (Å²) in [7, 11) is -3.57. The van der Waals surface area contributed by atoms with Crippen molar-refractivity contribution in [1.29, 1.82) is 0 Å². The molecule has 0 fully saturated rings. The van der Waals surface area contributed by atoms with Crippen LogP contribution in [0.25, 0.3) is 11.0 Å². The molecule has 1 aliphatic rings. The number of amides is 1. The normalized spacial score (nSPS) is 13.0. The summed E-state index contributed by atoms with van der Waals surface area (Å²) in [6, 6.07) is 14.7. The first-order valence-electron chi connectivity index (χ1n) is 11.0. The maximum absolute atomic E-state index is 12.4. The molecule has 3 N–H and O–H groups in total. The highest BCUT2D eigenvalue weighted by atomic mass is 32.2. The van der Waals surface area contributed by atoms with Crippen molar-refractivity contribution in [2.75, 3.05) is 34.3 Å². The highest BCUT2D eigenvalue weighted by Crippen LogP contribution is 2.28. The van der Waals surface area contributed by atoms with Gasteiger partial charge in [-0.1, -0.05) is 18.2 Å². The third-order valence-corrected chi connectivity index (χ3v) is 6.97. The molecular weight excluding hydrogens is 468 g/mol. The number of aliphatic hydroxyl groups is 1. The van der Waals surface area contributed by atoms with Crippen LogP contribution < -0.4 is 14.9 Å². The van der Waals surface area contributed by atoms with Gasteiger partial charge in [-0.05, 0) is 41.5 Å². The number of anilines is 4. The van der Waals surface area contributed by atoms with E-state index in [0.717, 1.165) is 34.1 Å². The summed E-state index contributed by atoms with van der Waals surface area (Å²) in [6.45, 7) is 0.0592. The molecule has 11 heteroatoms. The maximum atomic E-state index is 12.4. The Balaban J connectivity index is 1.45. The van der Waals surface area contributed by atoms with E-state index in [-0.39, 0.29) is 19.1 Å². The minimum atomic E-state index is -3.57. The van der Waals surface area contributed by atoms with Crippen molar-refractivity contribution >= 4 is 50.0 Å². The molecule has 1 aliphatic heterocycles. The zero-order chi connectivity index (χ0) is 24.6. The summed E-state index contributed by atoms with van der Waals surface area (Å²) < 4.78 is 27.8. The predicted molar refractivity (Wildman–Crippen MR) is 134 cm³/mol. The van der Waals surface area contributed by atoms with Crippen LogP contribution in [0, 0.1) is 0 Å².